The maximum Gasteiger partial charge on any atom is 0.259 e. The van der Waals surface area contributed by atoms with Crippen molar-refractivity contribution in [3.8, 4) is 11.3 Å². The molecule has 5 rings (SSSR count). The van der Waals surface area contributed by atoms with Gasteiger partial charge in [0.05, 0.1) is 6.20 Å². The van der Waals surface area contributed by atoms with E-state index in [2.05, 4.69) is 10.1 Å². The average Bonchev–Trinajstić information content (AvgIpc) is 3.34. The lowest BCUT2D eigenvalue weighted by molar-refractivity contribution is 0.0474. The second kappa shape index (κ2) is 10.9. The number of halogens is 4. The standard InChI is InChI=1S/C29H30F4N6O/c1-5-18-6-8-19(9-7-18)26-25(33)28(36(3)4)39-27(35-26)22(14-34-39)29(40)38-11-10-37(15-17(38)2)16-20-12-21(30)13-23(31)24(20)32/h6-9,12-14,17H,5,10-11,15-16H2,1-4H3/t17-/m1/s1. The van der Waals surface area contributed by atoms with Crippen molar-refractivity contribution in [3.05, 3.63) is 82.6 Å². The molecule has 0 bridgehead atoms. The molecule has 0 aliphatic carbocycles. The summed E-state index contributed by atoms with van der Waals surface area (Å²) in [6.45, 7) is 4.92. The summed E-state index contributed by atoms with van der Waals surface area (Å²) in [5.41, 5.74) is 2.20. The zero-order valence-electron chi connectivity index (χ0n) is 22.8. The number of amides is 1. The number of nitrogens with zero attached hydrogens (tertiary/aromatic N) is 6. The summed E-state index contributed by atoms with van der Waals surface area (Å²) >= 11 is 0. The molecule has 2 aromatic heterocycles. The summed E-state index contributed by atoms with van der Waals surface area (Å²) in [4.78, 5) is 23.4. The van der Waals surface area contributed by atoms with Crippen molar-refractivity contribution < 1.29 is 22.4 Å². The van der Waals surface area contributed by atoms with Crippen molar-refractivity contribution in [3.63, 3.8) is 0 Å². The third-order valence-electron chi connectivity index (χ3n) is 7.29. The van der Waals surface area contributed by atoms with E-state index >= 15 is 4.39 Å². The van der Waals surface area contributed by atoms with Gasteiger partial charge in [-0.2, -0.15) is 9.61 Å². The first-order valence-corrected chi connectivity index (χ1v) is 13.1. The van der Waals surface area contributed by atoms with Gasteiger partial charge in [0, 0.05) is 63.5 Å². The average molecular weight is 555 g/mol. The highest BCUT2D eigenvalue weighted by Crippen LogP contribution is 2.31. The number of piperazine rings is 1. The van der Waals surface area contributed by atoms with E-state index in [1.165, 1.54) is 10.7 Å². The third-order valence-corrected chi connectivity index (χ3v) is 7.29. The van der Waals surface area contributed by atoms with E-state index in [1.807, 2.05) is 43.0 Å². The fourth-order valence-corrected chi connectivity index (χ4v) is 5.18. The minimum absolute atomic E-state index is 0.0107. The van der Waals surface area contributed by atoms with Crippen LogP contribution in [0.1, 0.15) is 35.3 Å². The molecule has 2 aromatic carbocycles. The molecule has 1 atom stereocenters. The van der Waals surface area contributed by atoms with Crippen molar-refractivity contribution in [2.45, 2.75) is 32.9 Å². The fourth-order valence-electron chi connectivity index (χ4n) is 5.18. The Labute approximate surface area is 229 Å². The lowest BCUT2D eigenvalue weighted by Crippen LogP contribution is -2.53. The maximum atomic E-state index is 15.7. The maximum absolute atomic E-state index is 15.7. The van der Waals surface area contributed by atoms with Crippen LogP contribution in [0, 0.1) is 23.3 Å². The molecular weight excluding hydrogens is 524 g/mol. The molecule has 3 heterocycles. The Morgan fingerprint density at radius 3 is 2.42 bits per heavy atom. The lowest BCUT2D eigenvalue weighted by Gasteiger charge is -2.39. The van der Waals surface area contributed by atoms with Gasteiger partial charge in [0.25, 0.3) is 5.91 Å². The predicted octanol–water partition coefficient (Wildman–Crippen LogP) is 4.93. The van der Waals surface area contributed by atoms with Crippen LogP contribution in [0.3, 0.4) is 0 Å². The number of hydrogen-bond acceptors (Lipinski definition) is 5. The SMILES string of the molecule is CCc1ccc(-c2nc3c(C(=O)N4CCN(Cc5cc(F)cc(F)c5F)C[C@H]4C)cnn3c(N(C)C)c2F)cc1. The van der Waals surface area contributed by atoms with E-state index in [0.717, 1.165) is 18.1 Å². The molecule has 0 N–H and O–H groups in total. The summed E-state index contributed by atoms with van der Waals surface area (Å²) in [6.07, 6.45) is 2.24. The van der Waals surface area contributed by atoms with Crippen LogP contribution in [0.4, 0.5) is 23.4 Å². The van der Waals surface area contributed by atoms with Crippen LogP contribution in [-0.2, 0) is 13.0 Å². The molecule has 210 valence electrons. The molecule has 11 heteroatoms. The molecule has 0 spiro atoms. The number of rotatable bonds is 6. The largest absolute Gasteiger partial charge is 0.360 e. The van der Waals surface area contributed by atoms with Crippen molar-refractivity contribution in [2.24, 2.45) is 0 Å². The minimum atomic E-state index is -1.23. The van der Waals surface area contributed by atoms with E-state index in [0.29, 0.717) is 31.3 Å². The molecule has 0 radical (unpaired) electrons. The highest BCUT2D eigenvalue weighted by molar-refractivity contribution is 6.00. The molecule has 0 saturated carbocycles. The van der Waals surface area contributed by atoms with Crippen LogP contribution in [0.5, 0.6) is 0 Å². The number of carbonyl (C=O) groups is 1. The van der Waals surface area contributed by atoms with Crippen LogP contribution in [0.25, 0.3) is 16.9 Å². The van der Waals surface area contributed by atoms with Gasteiger partial charge in [0.2, 0.25) is 0 Å². The number of fused-ring (bicyclic) bond motifs is 1. The summed E-state index contributed by atoms with van der Waals surface area (Å²) in [5, 5.41) is 4.30. The normalized spacial score (nSPS) is 16.1. The Hall–Kier alpha value is -3.99. The molecule has 1 aliphatic heterocycles. The zero-order chi connectivity index (χ0) is 28.7. The van der Waals surface area contributed by atoms with Gasteiger partial charge in [-0.3, -0.25) is 9.69 Å². The van der Waals surface area contributed by atoms with Crippen molar-refractivity contribution in [2.75, 3.05) is 38.6 Å². The van der Waals surface area contributed by atoms with Crippen LogP contribution in [0.2, 0.25) is 0 Å². The monoisotopic (exact) mass is 554 g/mol. The van der Waals surface area contributed by atoms with E-state index < -0.39 is 23.3 Å². The van der Waals surface area contributed by atoms with Crippen molar-refractivity contribution in [1.29, 1.82) is 0 Å². The summed E-state index contributed by atoms with van der Waals surface area (Å²) in [7, 11) is 3.39. The Morgan fingerprint density at radius 2 is 1.77 bits per heavy atom. The molecule has 7 nitrogen and oxygen atoms in total. The second-order valence-corrected chi connectivity index (χ2v) is 10.3. The summed E-state index contributed by atoms with van der Waals surface area (Å²) < 4.78 is 58.6. The Morgan fingerprint density at radius 1 is 1.05 bits per heavy atom. The van der Waals surface area contributed by atoms with Crippen LogP contribution in [0.15, 0.2) is 42.6 Å². The van der Waals surface area contributed by atoms with Gasteiger partial charge in [0.15, 0.2) is 28.9 Å². The van der Waals surface area contributed by atoms with E-state index in [-0.39, 0.29) is 46.8 Å². The Kier molecular flexibility index (Phi) is 7.50. The topological polar surface area (TPSA) is 57.0 Å². The molecule has 1 aliphatic rings. The number of anilines is 1. The van der Waals surface area contributed by atoms with Crippen molar-refractivity contribution in [1.82, 2.24) is 24.4 Å². The molecule has 1 amide bonds. The zero-order valence-corrected chi connectivity index (χ0v) is 22.8. The van der Waals surface area contributed by atoms with Crippen LogP contribution >= 0.6 is 0 Å². The number of aryl methyl sites for hydroxylation is 1. The first-order chi connectivity index (χ1) is 19.1. The molecule has 1 saturated heterocycles. The van der Waals surface area contributed by atoms with Gasteiger partial charge in [-0.25, -0.2) is 22.5 Å². The second-order valence-electron chi connectivity index (χ2n) is 10.3. The van der Waals surface area contributed by atoms with Gasteiger partial charge in [-0.1, -0.05) is 31.2 Å². The predicted molar refractivity (Wildman–Crippen MR) is 144 cm³/mol. The number of hydrogen-bond donors (Lipinski definition) is 0. The third kappa shape index (κ3) is 5.01. The van der Waals surface area contributed by atoms with E-state index in [4.69, 9.17) is 0 Å². The van der Waals surface area contributed by atoms with E-state index in [1.54, 1.807) is 23.9 Å². The first-order valence-electron chi connectivity index (χ1n) is 13.1. The van der Waals surface area contributed by atoms with Gasteiger partial charge >= 0.3 is 0 Å². The summed E-state index contributed by atoms with van der Waals surface area (Å²) in [5.74, 6) is -3.85. The Balaban J connectivity index is 1.44. The quantitative estimate of drug-likeness (QED) is 0.250. The highest BCUT2D eigenvalue weighted by atomic mass is 19.2. The summed E-state index contributed by atoms with van der Waals surface area (Å²) in [6, 6.07) is 8.67. The van der Waals surface area contributed by atoms with Crippen molar-refractivity contribution >= 4 is 17.4 Å². The molecule has 4 aromatic rings. The smallest absolute Gasteiger partial charge is 0.259 e. The van der Waals surface area contributed by atoms with Gasteiger partial charge < -0.3 is 9.80 Å². The lowest BCUT2D eigenvalue weighted by atomic mass is 10.1. The molecule has 0 unspecified atom stereocenters. The van der Waals surface area contributed by atoms with E-state index in [9.17, 15) is 18.0 Å². The minimum Gasteiger partial charge on any atom is -0.360 e. The molecule has 40 heavy (non-hydrogen) atoms. The van der Waals surface area contributed by atoms with Crippen LogP contribution < -0.4 is 4.90 Å². The number of aromatic nitrogens is 3. The number of carbonyl (C=O) groups excluding carboxylic acids is 1. The number of benzene rings is 2. The molecular formula is C29H30F4N6O. The first kappa shape index (κ1) is 27.6. The fraction of sp³-hybridized carbons (Fsp3) is 0.345. The highest BCUT2D eigenvalue weighted by Gasteiger charge is 2.32. The van der Waals surface area contributed by atoms with Crippen LogP contribution in [-0.4, -0.2) is 70.1 Å². The van der Waals surface area contributed by atoms with Gasteiger partial charge in [-0.05, 0) is 25.0 Å². The Bertz CT molecular complexity index is 1570. The molecule has 1 fully saturated rings. The van der Waals surface area contributed by atoms with Gasteiger partial charge in [-0.15, -0.1) is 0 Å². The van der Waals surface area contributed by atoms with Gasteiger partial charge in [0.1, 0.15) is 17.1 Å².